The molecule has 32 heavy (non-hydrogen) atoms. The molecule has 168 valence electrons. The molecule has 4 heterocycles. The van der Waals surface area contributed by atoms with Crippen LogP contribution in [0.15, 0.2) is 35.1 Å². The third-order valence-corrected chi connectivity index (χ3v) is 7.26. The lowest BCUT2D eigenvalue weighted by Gasteiger charge is -2.31. The number of hydrogen-bond acceptors (Lipinski definition) is 7. The Labute approximate surface area is 193 Å². The SMILES string of the molecule is CC(=O)NCc1ccc(-c2nc(NC(=O)C3CCCN(C(=O)c4ccoc4)C3)sc2C)s1. The second-order valence-corrected chi connectivity index (χ2v) is 10.1. The Morgan fingerprint density at radius 3 is 2.84 bits per heavy atom. The Bertz CT molecular complexity index is 1120. The Morgan fingerprint density at radius 2 is 2.09 bits per heavy atom. The molecule has 3 aromatic heterocycles. The molecule has 0 bridgehead atoms. The molecule has 1 atom stereocenters. The van der Waals surface area contributed by atoms with E-state index in [-0.39, 0.29) is 23.6 Å². The highest BCUT2D eigenvalue weighted by molar-refractivity contribution is 7.18. The van der Waals surface area contributed by atoms with Crippen molar-refractivity contribution in [1.82, 2.24) is 15.2 Å². The van der Waals surface area contributed by atoms with Crippen molar-refractivity contribution in [3.05, 3.63) is 46.0 Å². The molecule has 1 fully saturated rings. The molecule has 1 unspecified atom stereocenters. The topological polar surface area (TPSA) is 105 Å². The molecule has 8 nitrogen and oxygen atoms in total. The van der Waals surface area contributed by atoms with Gasteiger partial charge in [-0.2, -0.15) is 0 Å². The van der Waals surface area contributed by atoms with E-state index in [9.17, 15) is 14.4 Å². The number of amides is 3. The second-order valence-electron chi connectivity index (χ2n) is 7.69. The molecule has 0 radical (unpaired) electrons. The summed E-state index contributed by atoms with van der Waals surface area (Å²) in [5.41, 5.74) is 1.34. The normalized spacial score (nSPS) is 16.1. The third-order valence-electron chi connectivity index (χ3n) is 5.28. The van der Waals surface area contributed by atoms with Crippen molar-refractivity contribution in [1.29, 1.82) is 0 Å². The fourth-order valence-corrected chi connectivity index (χ4v) is 5.53. The highest BCUT2D eigenvalue weighted by Crippen LogP contribution is 2.35. The van der Waals surface area contributed by atoms with Gasteiger partial charge in [-0.05, 0) is 38.0 Å². The fourth-order valence-electron chi connectivity index (χ4n) is 3.64. The first-order chi connectivity index (χ1) is 15.4. The number of hydrogen-bond donors (Lipinski definition) is 2. The molecule has 4 rings (SSSR count). The predicted octanol–water partition coefficient (Wildman–Crippen LogP) is 3.90. The minimum atomic E-state index is -0.279. The van der Waals surface area contributed by atoms with Crippen LogP contribution in [0.3, 0.4) is 0 Å². The number of carbonyl (C=O) groups is 3. The van der Waals surface area contributed by atoms with Crippen molar-refractivity contribution in [3.63, 3.8) is 0 Å². The van der Waals surface area contributed by atoms with E-state index in [1.807, 2.05) is 19.1 Å². The maximum absolute atomic E-state index is 12.9. The molecule has 0 spiro atoms. The highest BCUT2D eigenvalue weighted by atomic mass is 32.1. The zero-order chi connectivity index (χ0) is 22.7. The van der Waals surface area contributed by atoms with Crippen LogP contribution < -0.4 is 10.6 Å². The third kappa shape index (κ3) is 5.08. The first-order valence-electron chi connectivity index (χ1n) is 10.3. The van der Waals surface area contributed by atoms with Crippen LogP contribution >= 0.6 is 22.7 Å². The van der Waals surface area contributed by atoms with Crippen molar-refractivity contribution in [3.8, 4) is 10.6 Å². The van der Waals surface area contributed by atoms with E-state index in [2.05, 4.69) is 15.6 Å². The number of carbonyl (C=O) groups excluding carboxylic acids is 3. The largest absolute Gasteiger partial charge is 0.472 e. The number of aryl methyl sites for hydroxylation is 1. The average molecular weight is 473 g/mol. The number of nitrogens with zero attached hydrogens (tertiary/aromatic N) is 2. The van der Waals surface area contributed by atoms with Crippen LogP contribution in [-0.2, 0) is 16.1 Å². The number of nitrogens with one attached hydrogen (secondary N) is 2. The number of anilines is 1. The van der Waals surface area contributed by atoms with Gasteiger partial charge in [0.05, 0.1) is 34.9 Å². The summed E-state index contributed by atoms with van der Waals surface area (Å²) >= 11 is 3.00. The molecule has 2 N–H and O–H groups in total. The Balaban J connectivity index is 1.39. The second kappa shape index (κ2) is 9.66. The number of thiophene rings is 1. The zero-order valence-corrected chi connectivity index (χ0v) is 19.5. The number of piperidine rings is 1. The van der Waals surface area contributed by atoms with Gasteiger partial charge in [-0.1, -0.05) is 0 Å². The van der Waals surface area contributed by atoms with Crippen molar-refractivity contribution in [2.75, 3.05) is 18.4 Å². The van der Waals surface area contributed by atoms with Crippen LogP contribution in [0.4, 0.5) is 5.13 Å². The van der Waals surface area contributed by atoms with Crippen molar-refractivity contribution in [2.45, 2.75) is 33.2 Å². The van der Waals surface area contributed by atoms with Gasteiger partial charge in [0.1, 0.15) is 6.26 Å². The summed E-state index contributed by atoms with van der Waals surface area (Å²) < 4.78 is 5.00. The number of rotatable bonds is 6. The minimum absolute atomic E-state index is 0.0671. The molecule has 3 amide bonds. The lowest BCUT2D eigenvalue weighted by Crippen LogP contribution is -2.43. The van der Waals surface area contributed by atoms with Crippen molar-refractivity contribution >= 4 is 45.5 Å². The Kier molecular flexibility index (Phi) is 6.71. The molecule has 0 aliphatic carbocycles. The summed E-state index contributed by atoms with van der Waals surface area (Å²) in [4.78, 5) is 46.0. The van der Waals surface area contributed by atoms with E-state index in [4.69, 9.17) is 4.42 Å². The number of aromatic nitrogens is 1. The van der Waals surface area contributed by atoms with Gasteiger partial charge < -0.3 is 20.0 Å². The van der Waals surface area contributed by atoms with Gasteiger partial charge in [-0.15, -0.1) is 22.7 Å². The zero-order valence-electron chi connectivity index (χ0n) is 17.8. The maximum Gasteiger partial charge on any atom is 0.257 e. The summed E-state index contributed by atoms with van der Waals surface area (Å²) in [5, 5.41) is 6.29. The predicted molar refractivity (Wildman–Crippen MR) is 124 cm³/mol. The molecule has 1 aliphatic rings. The highest BCUT2D eigenvalue weighted by Gasteiger charge is 2.30. The van der Waals surface area contributed by atoms with Crippen LogP contribution in [0.1, 0.15) is 39.9 Å². The summed E-state index contributed by atoms with van der Waals surface area (Å²) in [6, 6.07) is 5.59. The van der Waals surface area contributed by atoms with Crippen molar-refractivity contribution < 1.29 is 18.8 Å². The summed E-state index contributed by atoms with van der Waals surface area (Å²) in [6.45, 7) is 4.97. The summed E-state index contributed by atoms with van der Waals surface area (Å²) in [6.07, 6.45) is 4.41. The Morgan fingerprint density at radius 1 is 1.25 bits per heavy atom. The van der Waals surface area contributed by atoms with Crippen LogP contribution in [0.2, 0.25) is 0 Å². The van der Waals surface area contributed by atoms with E-state index < -0.39 is 0 Å². The molecule has 1 aliphatic heterocycles. The lowest BCUT2D eigenvalue weighted by atomic mass is 9.97. The van der Waals surface area contributed by atoms with Crippen LogP contribution in [0, 0.1) is 12.8 Å². The maximum atomic E-state index is 12.9. The van der Waals surface area contributed by atoms with Crippen LogP contribution in [0.25, 0.3) is 10.6 Å². The van der Waals surface area contributed by atoms with Gasteiger partial charge in [0.2, 0.25) is 11.8 Å². The molecule has 0 aromatic carbocycles. The lowest BCUT2D eigenvalue weighted by molar-refractivity contribution is -0.121. The van der Waals surface area contributed by atoms with E-state index >= 15 is 0 Å². The Hall–Kier alpha value is -2.98. The van der Waals surface area contributed by atoms with Crippen LogP contribution in [-0.4, -0.2) is 40.7 Å². The fraction of sp³-hybridized carbons (Fsp3) is 0.364. The quantitative estimate of drug-likeness (QED) is 0.566. The molecular formula is C22H24N4O4S2. The van der Waals surface area contributed by atoms with Crippen LogP contribution in [0.5, 0.6) is 0 Å². The van der Waals surface area contributed by atoms with E-state index in [0.717, 1.165) is 33.2 Å². The number of thiazole rings is 1. The first-order valence-corrected chi connectivity index (χ1v) is 12.0. The first kappa shape index (κ1) is 22.2. The van der Waals surface area contributed by atoms with Gasteiger partial charge >= 0.3 is 0 Å². The summed E-state index contributed by atoms with van der Waals surface area (Å²) in [7, 11) is 0. The smallest absolute Gasteiger partial charge is 0.257 e. The van der Waals surface area contributed by atoms with Gasteiger partial charge in [-0.25, -0.2) is 4.98 Å². The summed E-state index contributed by atoms with van der Waals surface area (Å²) in [5.74, 6) is -0.579. The van der Waals surface area contributed by atoms with Crippen molar-refractivity contribution in [2.24, 2.45) is 5.92 Å². The van der Waals surface area contributed by atoms with Gasteiger partial charge in [0.15, 0.2) is 5.13 Å². The molecule has 10 heteroatoms. The van der Waals surface area contributed by atoms with E-state index in [1.165, 1.54) is 30.8 Å². The van der Waals surface area contributed by atoms with Gasteiger partial charge in [0, 0.05) is 29.8 Å². The standard InChI is InChI=1S/C22H24N4O4S2/c1-13-19(18-6-5-17(32-18)10-23-14(2)27)24-22(31-13)25-20(28)15-4-3-8-26(11-15)21(29)16-7-9-30-12-16/h5-7,9,12,15H,3-4,8,10-11H2,1-2H3,(H,23,27)(H,24,25,28). The monoisotopic (exact) mass is 472 g/mol. The number of likely N-dealkylation sites (tertiary alicyclic amines) is 1. The van der Waals surface area contributed by atoms with E-state index in [1.54, 1.807) is 22.3 Å². The number of furan rings is 1. The van der Waals surface area contributed by atoms with Gasteiger partial charge in [0.25, 0.3) is 5.91 Å². The molecule has 3 aromatic rings. The molecule has 1 saturated heterocycles. The molecule has 0 saturated carbocycles. The minimum Gasteiger partial charge on any atom is -0.472 e. The molecular weight excluding hydrogens is 448 g/mol. The average Bonchev–Trinajstić information content (AvgIpc) is 3.53. The van der Waals surface area contributed by atoms with Gasteiger partial charge in [-0.3, -0.25) is 14.4 Å². The van der Waals surface area contributed by atoms with E-state index in [0.29, 0.717) is 30.3 Å².